The van der Waals surface area contributed by atoms with Gasteiger partial charge in [-0.2, -0.15) is 0 Å². The van der Waals surface area contributed by atoms with E-state index in [0.717, 1.165) is 5.56 Å². The van der Waals surface area contributed by atoms with E-state index in [1.165, 1.54) is 0 Å². The van der Waals surface area contributed by atoms with Gasteiger partial charge in [0.2, 0.25) is 5.91 Å². The molecule has 0 aliphatic rings. The Bertz CT molecular complexity index is 526. The van der Waals surface area contributed by atoms with Gasteiger partial charge in [-0.3, -0.25) is 4.79 Å². The van der Waals surface area contributed by atoms with Crippen molar-refractivity contribution in [1.29, 1.82) is 0 Å². The number of hydrogen-bond donors (Lipinski definition) is 2. The molecule has 0 saturated heterocycles. The molecular formula is C11H14N2O3S2. The first-order chi connectivity index (χ1) is 8.39. The van der Waals surface area contributed by atoms with Crippen molar-refractivity contribution in [3.63, 3.8) is 0 Å². The average Bonchev–Trinajstić information content (AvgIpc) is 2.25. The number of carbonyl (C=O) groups is 1. The van der Waals surface area contributed by atoms with Crippen LogP contribution in [0.5, 0.6) is 0 Å². The summed E-state index contributed by atoms with van der Waals surface area (Å²) in [5.41, 5.74) is 6.04. The van der Waals surface area contributed by atoms with Crippen LogP contribution in [0, 0.1) is 0 Å². The lowest BCUT2D eigenvalue weighted by Crippen LogP contribution is -2.33. The molecule has 0 aromatic heterocycles. The molecule has 0 spiro atoms. The van der Waals surface area contributed by atoms with Crippen molar-refractivity contribution in [2.75, 3.05) is 11.5 Å². The Hall–Kier alpha value is -1.47. The van der Waals surface area contributed by atoms with Crippen molar-refractivity contribution in [3.8, 4) is 0 Å². The maximum Gasteiger partial charge on any atom is 0.235 e. The summed E-state index contributed by atoms with van der Waals surface area (Å²) in [5.74, 6) is -1.60. The van der Waals surface area contributed by atoms with E-state index in [9.17, 15) is 13.2 Å². The van der Waals surface area contributed by atoms with Gasteiger partial charge in [0.25, 0.3) is 0 Å². The van der Waals surface area contributed by atoms with Gasteiger partial charge in [0.1, 0.15) is 11.5 Å². The zero-order valence-corrected chi connectivity index (χ0v) is 11.3. The van der Waals surface area contributed by atoms with Crippen molar-refractivity contribution >= 4 is 33.0 Å². The molecule has 0 heterocycles. The van der Waals surface area contributed by atoms with Crippen molar-refractivity contribution in [2.45, 2.75) is 6.54 Å². The fourth-order valence-corrected chi connectivity index (χ4v) is 2.89. The summed E-state index contributed by atoms with van der Waals surface area (Å²) in [5, 5.41) is 2.53. The Balaban J connectivity index is 2.45. The van der Waals surface area contributed by atoms with Crippen molar-refractivity contribution in [2.24, 2.45) is 5.73 Å². The third-order valence-corrected chi connectivity index (χ3v) is 3.83. The van der Waals surface area contributed by atoms with Crippen LogP contribution in [0.15, 0.2) is 30.3 Å². The number of rotatable bonds is 6. The first kappa shape index (κ1) is 14.6. The summed E-state index contributed by atoms with van der Waals surface area (Å²) in [6.45, 7) is 0.294. The monoisotopic (exact) mass is 286 g/mol. The van der Waals surface area contributed by atoms with Gasteiger partial charge in [-0.15, -0.1) is 0 Å². The van der Waals surface area contributed by atoms with Gasteiger partial charge in [0.05, 0.1) is 4.99 Å². The molecular weight excluding hydrogens is 272 g/mol. The summed E-state index contributed by atoms with van der Waals surface area (Å²) in [7, 11) is -3.56. The summed E-state index contributed by atoms with van der Waals surface area (Å²) >= 11 is 4.50. The second-order valence-electron chi connectivity index (χ2n) is 3.76. The number of nitrogens with two attached hydrogens (primary N) is 1. The Morgan fingerprint density at radius 1 is 1.22 bits per heavy atom. The smallest absolute Gasteiger partial charge is 0.235 e. The predicted octanol–water partition coefficient (Wildman–Crippen LogP) is 0.00370. The lowest BCUT2D eigenvalue weighted by molar-refractivity contribution is -0.118. The minimum Gasteiger partial charge on any atom is -0.392 e. The lowest BCUT2D eigenvalue weighted by Gasteiger charge is -2.05. The largest absolute Gasteiger partial charge is 0.392 e. The maximum atomic E-state index is 11.4. The number of hydrogen-bond acceptors (Lipinski definition) is 4. The van der Waals surface area contributed by atoms with Crippen LogP contribution in [-0.4, -0.2) is 30.8 Å². The molecule has 0 aliphatic carbocycles. The molecule has 18 heavy (non-hydrogen) atoms. The Morgan fingerprint density at radius 3 is 2.39 bits per heavy atom. The fourth-order valence-electron chi connectivity index (χ4n) is 1.32. The normalized spacial score (nSPS) is 10.9. The number of thiocarbonyl (C=S) groups is 1. The molecule has 0 aliphatic heterocycles. The summed E-state index contributed by atoms with van der Waals surface area (Å²) in [4.78, 5) is 11.3. The van der Waals surface area contributed by atoms with E-state index in [1.54, 1.807) is 0 Å². The highest BCUT2D eigenvalue weighted by Crippen LogP contribution is 1.97. The highest BCUT2D eigenvalue weighted by atomic mass is 32.2. The predicted molar refractivity (Wildman–Crippen MR) is 73.7 cm³/mol. The molecule has 7 heteroatoms. The van der Waals surface area contributed by atoms with E-state index in [2.05, 4.69) is 17.5 Å². The molecule has 0 fully saturated rings. The quantitative estimate of drug-likeness (QED) is 0.719. The van der Waals surface area contributed by atoms with E-state index in [1.807, 2.05) is 30.3 Å². The van der Waals surface area contributed by atoms with Crippen LogP contribution >= 0.6 is 12.2 Å². The standard InChI is InChI=1S/C11H14N2O3S2/c12-10(17)7-18(15,16)8-11(14)13-6-9-4-2-1-3-5-9/h1-5H,6-8H2,(H2,12,17)(H,13,14). The number of carbonyl (C=O) groups excluding carboxylic acids is 1. The van der Waals surface area contributed by atoms with Crippen LogP contribution in [-0.2, 0) is 21.2 Å². The molecule has 0 radical (unpaired) electrons. The first-order valence-electron chi connectivity index (χ1n) is 5.18. The number of sulfone groups is 1. The lowest BCUT2D eigenvalue weighted by atomic mass is 10.2. The summed E-state index contributed by atoms with van der Waals surface area (Å²) in [6.07, 6.45) is 0. The van der Waals surface area contributed by atoms with Crippen LogP contribution in [0.4, 0.5) is 0 Å². The fraction of sp³-hybridized carbons (Fsp3) is 0.273. The third-order valence-electron chi connectivity index (χ3n) is 2.05. The molecule has 1 amide bonds. The van der Waals surface area contributed by atoms with Gasteiger partial charge in [0.15, 0.2) is 9.84 Å². The minimum atomic E-state index is -3.56. The van der Waals surface area contributed by atoms with E-state index in [4.69, 9.17) is 5.73 Å². The number of amides is 1. The van der Waals surface area contributed by atoms with Crippen LogP contribution in [0.1, 0.15) is 5.56 Å². The van der Waals surface area contributed by atoms with Gasteiger partial charge >= 0.3 is 0 Å². The Labute approximate surface area is 111 Å². The van der Waals surface area contributed by atoms with Gasteiger partial charge in [-0.25, -0.2) is 8.42 Å². The molecule has 5 nitrogen and oxygen atoms in total. The molecule has 1 rings (SSSR count). The molecule has 98 valence electrons. The van der Waals surface area contributed by atoms with Gasteiger partial charge in [-0.05, 0) is 5.56 Å². The van der Waals surface area contributed by atoms with Gasteiger partial charge in [-0.1, -0.05) is 42.5 Å². The average molecular weight is 286 g/mol. The molecule has 1 aromatic carbocycles. The highest BCUT2D eigenvalue weighted by molar-refractivity contribution is 7.94. The Morgan fingerprint density at radius 2 is 1.83 bits per heavy atom. The molecule has 3 N–H and O–H groups in total. The Kier molecular flexibility index (Phi) is 5.24. The third kappa shape index (κ3) is 5.74. The van der Waals surface area contributed by atoms with E-state index < -0.39 is 27.3 Å². The van der Waals surface area contributed by atoms with Crippen LogP contribution in [0.2, 0.25) is 0 Å². The van der Waals surface area contributed by atoms with E-state index in [0.29, 0.717) is 6.54 Å². The summed E-state index contributed by atoms with van der Waals surface area (Å²) in [6, 6.07) is 9.21. The van der Waals surface area contributed by atoms with Crippen LogP contribution in [0.3, 0.4) is 0 Å². The van der Waals surface area contributed by atoms with Gasteiger partial charge < -0.3 is 11.1 Å². The second kappa shape index (κ2) is 6.46. The van der Waals surface area contributed by atoms with Gasteiger partial charge in [0, 0.05) is 6.54 Å². The minimum absolute atomic E-state index is 0.133. The van der Waals surface area contributed by atoms with Crippen LogP contribution in [0.25, 0.3) is 0 Å². The maximum absolute atomic E-state index is 11.4. The SMILES string of the molecule is NC(=S)CS(=O)(=O)CC(=O)NCc1ccccc1. The molecule has 0 saturated carbocycles. The molecule has 0 atom stereocenters. The summed E-state index contributed by atoms with van der Waals surface area (Å²) < 4.78 is 22.9. The molecule has 1 aromatic rings. The van der Waals surface area contributed by atoms with E-state index >= 15 is 0 Å². The second-order valence-corrected chi connectivity index (χ2v) is 6.35. The first-order valence-corrected chi connectivity index (χ1v) is 7.41. The van der Waals surface area contributed by atoms with Crippen molar-refractivity contribution in [3.05, 3.63) is 35.9 Å². The highest BCUT2D eigenvalue weighted by Gasteiger charge is 2.17. The topological polar surface area (TPSA) is 89.3 Å². The zero-order valence-electron chi connectivity index (χ0n) is 9.63. The number of nitrogens with one attached hydrogen (secondary N) is 1. The molecule has 0 bridgehead atoms. The number of benzene rings is 1. The molecule has 0 unspecified atom stereocenters. The van der Waals surface area contributed by atoms with E-state index in [-0.39, 0.29) is 4.99 Å². The van der Waals surface area contributed by atoms with Crippen LogP contribution < -0.4 is 11.1 Å². The van der Waals surface area contributed by atoms with Crippen molar-refractivity contribution in [1.82, 2.24) is 5.32 Å². The van der Waals surface area contributed by atoms with Crippen molar-refractivity contribution < 1.29 is 13.2 Å². The zero-order chi connectivity index (χ0) is 13.6.